The number of nitrogens with one attached hydrogen (secondary N) is 2. The number of pyridine rings is 1. The number of rotatable bonds is 4. The lowest BCUT2D eigenvalue weighted by Crippen LogP contribution is -2.15. The molecular formula is C21H15FN8O. The molecule has 2 N–H and O–H groups in total. The molecule has 4 heterocycles. The van der Waals surface area contributed by atoms with Crippen molar-refractivity contribution in [1.82, 2.24) is 35.0 Å². The van der Waals surface area contributed by atoms with Crippen molar-refractivity contribution in [3.8, 4) is 22.6 Å². The maximum atomic E-state index is 14.7. The molecule has 9 nitrogen and oxygen atoms in total. The highest BCUT2D eigenvalue weighted by Crippen LogP contribution is 2.23. The molecule has 5 rings (SSSR count). The SMILES string of the molecule is Cc1cnnc(-c2cn[nH]c2C(=O)Nc2cc3nc(-c4ccccc4)nn3cc2F)c1. The van der Waals surface area contributed by atoms with Gasteiger partial charge in [-0.3, -0.25) is 9.89 Å². The first-order chi connectivity index (χ1) is 15.1. The van der Waals surface area contributed by atoms with Gasteiger partial charge in [-0.25, -0.2) is 13.9 Å². The van der Waals surface area contributed by atoms with Gasteiger partial charge in [-0.1, -0.05) is 30.3 Å². The molecule has 152 valence electrons. The highest BCUT2D eigenvalue weighted by atomic mass is 19.1. The van der Waals surface area contributed by atoms with E-state index in [9.17, 15) is 9.18 Å². The second kappa shape index (κ2) is 7.41. The molecule has 0 saturated heterocycles. The van der Waals surface area contributed by atoms with Gasteiger partial charge in [-0.2, -0.15) is 15.3 Å². The van der Waals surface area contributed by atoms with E-state index in [2.05, 4.69) is 35.8 Å². The van der Waals surface area contributed by atoms with Crippen molar-refractivity contribution in [2.45, 2.75) is 6.92 Å². The zero-order chi connectivity index (χ0) is 21.4. The minimum atomic E-state index is -0.651. The Hall–Kier alpha value is -4.47. The zero-order valence-corrected chi connectivity index (χ0v) is 16.2. The molecule has 0 atom stereocenters. The second-order valence-corrected chi connectivity index (χ2v) is 6.87. The number of amides is 1. The number of anilines is 1. The predicted molar refractivity (Wildman–Crippen MR) is 111 cm³/mol. The Bertz CT molecular complexity index is 1410. The summed E-state index contributed by atoms with van der Waals surface area (Å²) in [6.45, 7) is 1.87. The van der Waals surface area contributed by atoms with Crippen molar-refractivity contribution in [3.63, 3.8) is 0 Å². The lowest BCUT2D eigenvalue weighted by atomic mass is 10.1. The van der Waals surface area contributed by atoms with E-state index in [4.69, 9.17) is 0 Å². The van der Waals surface area contributed by atoms with Crippen LogP contribution in [0.4, 0.5) is 10.1 Å². The molecule has 5 aromatic rings. The fraction of sp³-hybridized carbons (Fsp3) is 0.0476. The number of halogens is 1. The van der Waals surface area contributed by atoms with Crippen LogP contribution >= 0.6 is 0 Å². The van der Waals surface area contributed by atoms with Crippen LogP contribution in [0.25, 0.3) is 28.3 Å². The van der Waals surface area contributed by atoms with Gasteiger partial charge in [0.05, 0.1) is 35.5 Å². The quantitative estimate of drug-likeness (QED) is 0.467. The van der Waals surface area contributed by atoms with Gasteiger partial charge in [-0.15, -0.1) is 5.10 Å². The number of nitrogens with zero attached hydrogens (tertiary/aromatic N) is 6. The second-order valence-electron chi connectivity index (χ2n) is 6.87. The number of aromatic nitrogens is 7. The lowest BCUT2D eigenvalue weighted by molar-refractivity contribution is 0.102. The lowest BCUT2D eigenvalue weighted by Gasteiger charge is -2.07. The fourth-order valence-corrected chi connectivity index (χ4v) is 3.14. The van der Waals surface area contributed by atoms with Gasteiger partial charge in [0.2, 0.25) is 0 Å². The summed E-state index contributed by atoms with van der Waals surface area (Å²) < 4.78 is 16.0. The van der Waals surface area contributed by atoms with Crippen molar-refractivity contribution < 1.29 is 9.18 Å². The summed E-state index contributed by atoms with van der Waals surface area (Å²) in [5, 5.41) is 21.4. The summed E-state index contributed by atoms with van der Waals surface area (Å²) in [5.74, 6) is -0.763. The molecule has 4 aromatic heterocycles. The molecule has 31 heavy (non-hydrogen) atoms. The average Bonchev–Trinajstić information content (AvgIpc) is 3.42. The number of carbonyl (C=O) groups excluding carboxylic acids is 1. The minimum Gasteiger partial charge on any atom is -0.318 e. The van der Waals surface area contributed by atoms with Gasteiger partial charge in [0, 0.05) is 11.6 Å². The van der Waals surface area contributed by atoms with Gasteiger partial charge >= 0.3 is 0 Å². The third-order valence-corrected chi connectivity index (χ3v) is 4.64. The normalized spacial score (nSPS) is 11.0. The summed E-state index contributed by atoms with van der Waals surface area (Å²) in [4.78, 5) is 17.3. The van der Waals surface area contributed by atoms with Gasteiger partial charge in [-0.05, 0) is 18.6 Å². The van der Waals surface area contributed by atoms with E-state index in [1.165, 1.54) is 23.0 Å². The van der Waals surface area contributed by atoms with E-state index in [0.29, 0.717) is 22.7 Å². The van der Waals surface area contributed by atoms with Crippen LogP contribution in [0, 0.1) is 12.7 Å². The first kappa shape index (κ1) is 18.6. The summed E-state index contributed by atoms with van der Waals surface area (Å²) >= 11 is 0. The van der Waals surface area contributed by atoms with Crippen molar-refractivity contribution in [2.75, 3.05) is 5.32 Å². The van der Waals surface area contributed by atoms with Crippen LogP contribution in [0.2, 0.25) is 0 Å². The maximum Gasteiger partial charge on any atom is 0.274 e. The van der Waals surface area contributed by atoms with Gasteiger partial charge in [0.25, 0.3) is 5.91 Å². The molecule has 1 aromatic carbocycles. The number of hydrogen-bond acceptors (Lipinski definition) is 6. The first-order valence-corrected chi connectivity index (χ1v) is 9.34. The summed E-state index contributed by atoms with van der Waals surface area (Å²) in [7, 11) is 0. The van der Waals surface area contributed by atoms with E-state index in [1.807, 2.05) is 37.3 Å². The molecule has 0 aliphatic carbocycles. The topological polar surface area (TPSA) is 114 Å². The van der Waals surface area contributed by atoms with E-state index in [1.54, 1.807) is 12.3 Å². The average molecular weight is 414 g/mol. The maximum absolute atomic E-state index is 14.7. The zero-order valence-electron chi connectivity index (χ0n) is 16.2. The highest BCUT2D eigenvalue weighted by Gasteiger charge is 2.19. The number of H-pyrrole nitrogens is 1. The van der Waals surface area contributed by atoms with E-state index in [-0.39, 0.29) is 11.4 Å². The third kappa shape index (κ3) is 3.50. The van der Waals surface area contributed by atoms with Crippen LogP contribution in [-0.4, -0.2) is 40.9 Å². The molecule has 0 saturated carbocycles. The molecular weight excluding hydrogens is 399 g/mol. The monoisotopic (exact) mass is 414 g/mol. The number of hydrogen-bond donors (Lipinski definition) is 2. The van der Waals surface area contributed by atoms with Crippen molar-refractivity contribution in [3.05, 3.63) is 78.1 Å². The van der Waals surface area contributed by atoms with Crippen LogP contribution in [0.15, 0.2) is 61.1 Å². The van der Waals surface area contributed by atoms with Crippen LogP contribution < -0.4 is 5.32 Å². The first-order valence-electron chi connectivity index (χ1n) is 9.34. The minimum absolute atomic E-state index is 0.0274. The third-order valence-electron chi connectivity index (χ3n) is 4.64. The molecule has 0 unspecified atom stereocenters. The van der Waals surface area contributed by atoms with E-state index >= 15 is 0 Å². The molecule has 1 amide bonds. The van der Waals surface area contributed by atoms with E-state index in [0.717, 1.165) is 11.1 Å². The number of aromatic amines is 1. The molecule has 0 spiro atoms. The summed E-state index contributed by atoms with van der Waals surface area (Å²) in [6, 6.07) is 12.6. The van der Waals surface area contributed by atoms with Gasteiger partial charge in [0.1, 0.15) is 5.69 Å². The van der Waals surface area contributed by atoms with Gasteiger partial charge in [0.15, 0.2) is 17.3 Å². The molecule has 10 heteroatoms. The van der Waals surface area contributed by atoms with Crippen molar-refractivity contribution in [1.29, 1.82) is 0 Å². The Morgan fingerprint density at radius 3 is 2.81 bits per heavy atom. The Morgan fingerprint density at radius 2 is 2.00 bits per heavy atom. The standard InChI is InChI=1S/C21H15FN8O/c1-12-7-16(27-23-9-12)14-10-24-28-19(14)21(31)25-17-8-18-26-20(13-5-3-2-4-6-13)29-30(18)11-15(17)22/h2-11H,1H3,(H,24,28)(H,25,31). The smallest absolute Gasteiger partial charge is 0.274 e. The summed E-state index contributed by atoms with van der Waals surface area (Å²) in [6.07, 6.45) is 4.25. The molecule has 0 fully saturated rings. The molecule has 0 bridgehead atoms. The Balaban J connectivity index is 1.46. The van der Waals surface area contributed by atoms with Crippen molar-refractivity contribution >= 4 is 17.2 Å². The number of benzene rings is 1. The Kier molecular flexibility index (Phi) is 4.43. The summed E-state index contributed by atoms with van der Waals surface area (Å²) in [5.41, 5.74) is 3.15. The number of aryl methyl sites for hydroxylation is 1. The Morgan fingerprint density at radius 1 is 1.16 bits per heavy atom. The fourth-order valence-electron chi connectivity index (χ4n) is 3.14. The Labute approximate surface area is 175 Å². The van der Waals surface area contributed by atoms with Gasteiger partial charge < -0.3 is 5.32 Å². The molecule has 0 radical (unpaired) electrons. The van der Waals surface area contributed by atoms with E-state index < -0.39 is 11.7 Å². The van der Waals surface area contributed by atoms with Crippen LogP contribution in [0.1, 0.15) is 16.1 Å². The largest absolute Gasteiger partial charge is 0.318 e. The van der Waals surface area contributed by atoms with Crippen molar-refractivity contribution in [2.24, 2.45) is 0 Å². The van der Waals surface area contributed by atoms with Crippen LogP contribution in [0.5, 0.6) is 0 Å². The number of carbonyl (C=O) groups is 1. The van der Waals surface area contributed by atoms with Crippen LogP contribution in [0.3, 0.4) is 0 Å². The number of fused-ring (bicyclic) bond motifs is 1. The molecule has 0 aliphatic heterocycles. The van der Waals surface area contributed by atoms with Crippen LogP contribution in [-0.2, 0) is 0 Å². The predicted octanol–water partition coefficient (Wildman–Crippen LogP) is 3.28. The highest BCUT2D eigenvalue weighted by molar-refractivity contribution is 6.07. The molecule has 0 aliphatic rings.